The summed E-state index contributed by atoms with van der Waals surface area (Å²) in [5.74, 6) is 1.64. The molecular formula is C14H16N2O2. The Bertz CT molecular complexity index is 608. The van der Waals surface area contributed by atoms with Gasteiger partial charge in [0.25, 0.3) is 0 Å². The first kappa shape index (κ1) is 12.3. The van der Waals surface area contributed by atoms with Gasteiger partial charge in [0.05, 0.1) is 25.8 Å². The predicted octanol–water partition coefficient (Wildman–Crippen LogP) is 2.65. The van der Waals surface area contributed by atoms with E-state index < -0.39 is 0 Å². The van der Waals surface area contributed by atoms with E-state index in [1.165, 1.54) is 0 Å². The van der Waals surface area contributed by atoms with Crippen LogP contribution in [-0.4, -0.2) is 18.8 Å². The number of rotatable bonds is 4. The Morgan fingerprint density at radius 3 is 2.50 bits per heavy atom. The lowest BCUT2D eigenvalue weighted by Crippen LogP contribution is -1.92. The molecule has 0 unspecified atom stereocenters. The van der Waals surface area contributed by atoms with E-state index >= 15 is 0 Å². The van der Waals surface area contributed by atoms with Crippen molar-refractivity contribution in [3.05, 3.63) is 23.9 Å². The van der Waals surface area contributed by atoms with Crippen LogP contribution in [0.2, 0.25) is 0 Å². The van der Waals surface area contributed by atoms with Gasteiger partial charge in [-0.3, -0.25) is 0 Å². The van der Waals surface area contributed by atoms with Gasteiger partial charge >= 0.3 is 0 Å². The number of hydrogen-bond acceptors (Lipinski definition) is 3. The first-order chi connectivity index (χ1) is 8.72. The molecule has 0 saturated carbocycles. The van der Waals surface area contributed by atoms with Crippen LogP contribution in [0, 0.1) is 11.3 Å². The molecule has 0 amide bonds. The molecule has 0 aliphatic heterocycles. The smallest absolute Gasteiger partial charge is 0.143 e. The average molecular weight is 244 g/mol. The van der Waals surface area contributed by atoms with Crippen LogP contribution in [-0.2, 0) is 13.5 Å². The zero-order valence-corrected chi connectivity index (χ0v) is 10.9. The first-order valence-corrected chi connectivity index (χ1v) is 5.78. The van der Waals surface area contributed by atoms with Crippen molar-refractivity contribution in [3.63, 3.8) is 0 Å². The Labute approximate surface area is 106 Å². The topological polar surface area (TPSA) is 47.2 Å². The zero-order valence-electron chi connectivity index (χ0n) is 10.9. The highest BCUT2D eigenvalue weighted by Gasteiger charge is 2.15. The third-order valence-electron chi connectivity index (χ3n) is 3.07. The van der Waals surface area contributed by atoms with Gasteiger partial charge in [0.2, 0.25) is 0 Å². The van der Waals surface area contributed by atoms with Crippen LogP contribution in [0.3, 0.4) is 0 Å². The minimum Gasteiger partial charge on any atom is -0.496 e. The van der Waals surface area contributed by atoms with Crippen LogP contribution in [0.15, 0.2) is 18.3 Å². The van der Waals surface area contributed by atoms with Gasteiger partial charge in [-0.1, -0.05) is 0 Å². The van der Waals surface area contributed by atoms with Gasteiger partial charge in [-0.2, -0.15) is 5.26 Å². The number of ether oxygens (including phenoxy) is 2. The molecule has 0 spiro atoms. The highest BCUT2D eigenvalue weighted by molar-refractivity contribution is 5.94. The van der Waals surface area contributed by atoms with E-state index in [4.69, 9.17) is 14.7 Å². The molecule has 0 aliphatic rings. The molecule has 0 N–H and O–H groups in total. The Morgan fingerprint density at radius 2 is 1.89 bits per heavy atom. The van der Waals surface area contributed by atoms with E-state index in [0.29, 0.717) is 6.42 Å². The van der Waals surface area contributed by atoms with E-state index in [-0.39, 0.29) is 0 Å². The van der Waals surface area contributed by atoms with Crippen LogP contribution in [0.4, 0.5) is 0 Å². The largest absolute Gasteiger partial charge is 0.496 e. The standard InChI is InChI=1S/C14H16N2O2/c1-16-9-10(5-4-8-15)13-11(17-2)6-7-12(18-3)14(13)16/h6-7,9H,4-5H2,1-3H3. The Kier molecular flexibility index (Phi) is 3.42. The minimum absolute atomic E-state index is 0.499. The Morgan fingerprint density at radius 1 is 1.22 bits per heavy atom. The fraction of sp³-hybridized carbons (Fsp3) is 0.357. The third kappa shape index (κ3) is 1.88. The molecule has 94 valence electrons. The number of nitrogens with zero attached hydrogens (tertiary/aromatic N) is 2. The molecule has 2 rings (SSSR count). The number of aryl methyl sites for hydroxylation is 2. The second-order valence-electron chi connectivity index (χ2n) is 4.12. The maximum Gasteiger partial charge on any atom is 0.143 e. The normalized spacial score (nSPS) is 10.3. The van der Waals surface area contributed by atoms with Gasteiger partial charge in [-0.25, -0.2) is 0 Å². The maximum absolute atomic E-state index is 8.72. The van der Waals surface area contributed by atoms with E-state index in [0.717, 1.165) is 34.4 Å². The zero-order chi connectivity index (χ0) is 13.1. The van der Waals surface area contributed by atoms with Crippen LogP contribution in [0.25, 0.3) is 10.9 Å². The number of fused-ring (bicyclic) bond motifs is 1. The SMILES string of the molecule is COc1ccc(OC)c2c1c(CCC#N)cn2C. The van der Waals surface area contributed by atoms with Crippen molar-refractivity contribution in [1.29, 1.82) is 5.26 Å². The molecule has 1 heterocycles. The summed E-state index contributed by atoms with van der Waals surface area (Å²) >= 11 is 0. The molecule has 1 aromatic heterocycles. The van der Waals surface area contributed by atoms with Gasteiger partial charge in [0.1, 0.15) is 11.5 Å². The van der Waals surface area contributed by atoms with Crippen molar-refractivity contribution in [1.82, 2.24) is 4.57 Å². The van der Waals surface area contributed by atoms with E-state index in [2.05, 4.69) is 6.07 Å². The summed E-state index contributed by atoms with van der Waals surface area (Å²) in [6.45, 7) is 0. The van der Waals surface area contributed by atoms with E-state index in [1.54, 1.807) is 14.2 Å². The summed E-state index contributed by atoms with van der Waals surface area (Å²) < 4.78 is 12.8. The molecule has 0 fully saturated rings. The number of benzene rings is 1. The molecule has 2 aromatic rings. The molecule has 0 atom stereocenters. The van der Waals surface area contributed by atoms with Crippen molar-refractivity contribution in [2.24, 2.45) is 7.05 Å². The summed E-state index contributed by atoms with van der Waals surface area (Å²) in [6.07, 6.45) is 3.25. The minimum atomic E-state index is 0.499. The molecule has 0 saturated heterocycles. The molecule has 0 aliphatic carbocycles. The molecule has 0 radical (unpaired) electrons. The van der Waals surface area contributed by atoms with Gasteiger partial charge in [0, 0.05) is 25.1 Å². The summed E-state index contributed by atoms with van der Waals surface area (Å²) in [7, 11) is 5.28. The van der Waals surface area contributed by atoms with Gasteiger partial charge in [0.15, 0.2) is 0 Å². The molecule has 0 bridgehead atoms. The van der Waals surface area contributed by atoms with E-state index in [1.807, 2.05) is 29.9 Å². The molecule has 18 heavy (non-hydrogen) atoms. The molecule has 4 nitrogen and oxygen atoms in total. The van der Waals surface area contributed by atoms with Crippen molar-refractivity contribution in [2.45, 2.75) is 12.8 Å². The second kappa shape index (κ2) is 5.01. The summed E-state index contributed by atoms with van der Waals surface area (Å²) in [6, 6.07) is 5.97. The highest BCUT2D eigenvalue weighted by Crippen LogP contribution is 2.36. The predicted molar refractivity (Wildman–Crippen MR) is 70.0 cm³/mol. The third-order valence-corrected chi connectivity index (χ3v) is 3.07. The van der Waals surface area contributed by atoms with Crippen LogP contribution in [0.5, 0.6) is 11.5 Å². The lowest BCUT2D eigenvalue weighted by molar-refractivity contribution is 0.409. The molecule has 1 aromatic carbocycles. The fourth-order valence-electron chi connectivity index (χ4n) is 2.29. The van der Waals surface area contributed by atoms with Gasteiger partial charge in [-0.05, 0) is 24.1 Å². The summed E-state index contributed by atoms with van der Waals surface area (Å²) in [4.78, 5) is 0. The van der Waals surface area contributed by atoms with Crippen molar-refractivity contribution in [2.75, 3.05) is 14.2 Å². The second-order valence-corrected chi connectivity index (χ2v) is 4.12. The van der Waals surface area contributed by atoms with Gasteiger partial charge < -0.3 is 14.0 Å². The van der Waals surface area contributed by atoms with Crippen LogP contribution < -0.4 is 9.47 Å². The monoisotopic (exact) mass is 244 g/mol. The van der Waals surface area contributed by atoms with Crippen molar-refractivity contribution in [3.8, 4) is 17.6 Å². The van der Waals surface area contributed by atoms with Crippen molar-refractivity contribution < 1.29 is 9.47 Å². The van der Waals surface area contributed by atoms with Crippen LogP contribution >= 0.6 is 0 Å². The first-order valence-electron chi connectivity index (χ1n) is 5.78. The maximum atomic E-state index is 8.72. The number of aromatic nitrogens is 1. The average Bonchev–Trinajstić information content (AvgIpc) is 2.73. The lowest BCUT2D eigenvalue weighted by atomic mass is 10.1. The molecule has 4 heteroatoms. The van der Waals surface area contributed by atoms with E-state index in [9.17, 15) is 0 Å². The van der Waals surface area contributed by atoms with Crippen molar-refractivity contribution >= 4 is 10.9 Å². The molecular weight excluding hydrogens is 228 g/mol. The lowest BCUT2D eigenvalue weighted by Gasteiger charge is -2.08. The highest BCUT2D eigenvalue weighted by atomic mass is 16.5. The number of methoxy groups -OCH3 is 2. The Hall–Kier alpha value is -2.15. The fourth-order valence-corrected chi connectivity index (χ4v) is 2.29. The summed E-state index contributed by atoms with van der Waals surface area (Å²) in [5.41, 5.74) is 2.12. The van der Waals surface area contributed by atoms with Crippen LogP contribution in [0.1, 0.15) is 12.0 Å². The number of hydrogen-bond donors (Lipinski definition) is 0. The Balaban J connectivity index is 2.70. The quantitative estimate of drug-likeness (QED) is 0.830. The number of nitriles is 1. The van der Waals surface area contributed by atoms with Gasteiger partial charge in [-0.15, -0.1) is 0 Å². The summed E-state index contributed by atoms with van der Waals surface area (Å²) in [5, 5.41) is 9.76.